The number of carbonyl (C=O) groups excluding carboxylic acids is 2. The van der Waals surface area contributed by atoms with E-state index in [1.807, 2.05) is 0 Å². The van der Waals surface area contributed by atoms with E-state index in [0.29, 0.717) is 0 Å². The first-order chi connectivity index (χ1) is 14.2. The number of aliphatic hydroxyl groups excluding tert-OH is 1. The van der Waals surface area contributed by atoms with E-state index in [1.54, 1.807) is 0 Å². The lowest BCUT2D eigenvalue weighted by atomic mass is 9.86. The first-order valence-electron chi connectivity index (χ1n) is 8.39. The molecule has 10 nitrogen and oxygen atoms in total. The number of Topliss-reactive ketones (excluding diaryl/α,β-unsaturated/α-hetero) is 1. The Balaban J connectivity index is 2.67. The maximum absolute atomic E-state index is 13.2. The molecule has 0 fully saturated rings. The zero-order chi connectivity index (χ0) is 22.5. The van der Waals surface area contributed by atoms with E-state index in [0.717, 1.165) is 6.07 Å². The Morgan fingerprint density at radius 1 is 0.833 bits per heavy atom. The van der Waals surface area contributed by atoms with Crippen LogP contribution in [-0.2, 0) is 14.3 Å². The number of carbonyl (C=O) groups is 4. The second-order valence-electron chi connectivity index (χ2n) is 5.90. The highest BCUT2D eigenvalue weighted by atomic mass is 16.6. The lowest BCUT2D eigenvalue weighted by Gasteiger charge is -2.30. The minimum absolute atomic E-state index is 0.0173. The topological polar surface area (TPSA) is 157 Å². The van der Waals surface area contributed by atoms with E-state index >= 15 is 0 Å². The van der Waals surface area contributed by atoms with Crippen LogP contribution in [0.1, 0.15) is 20.7 Å². The smallest absolute Gasteiger partial charge is 0.360 e. The van der Waals surface area contributed by atoms with Crippen LogP contribution < -0.4 is 9.47 Å². The van der Waals surface area contributed by atoms with Gasteiger partial charge < -0.3 is 29.5 Å². The van der Waals surface area contributed by atoms with E-state index < -0.39 is 41.0 Å². The quantitative estimate of drug-likeness (QED) is 0.305. The second kappa shape index (κ2) is 9.05. The Kier molecular flexibility index (Phi) is 6.75. The highest BCUT2D eigenvalue weighted by Crippen LogP contribution is 2.31. The highest BCUT2D eigenvalue weighted by molar-refractivity contribution is 6.20. The molecule has 2 aromatic carbocycles. The van der Waals surface area contributed by atoms with Crippen molar-refractivity contribution in [1.82, 2.24) is 0 Å². The van der Waals surface area contributed by atoms with Gasteiger partial charge >= 0.3 is 23.5 Å². The van der Waals surface area contributed by atoms with Crippen molar-refractivity contribution in [3.8, 4) is 11.5 Å². The molecule has 158 valence electrons. The summed E-state index contributed by atoms with van der Waals surface area (Å²) >= 11 is 0. The number of aliphatic hydroxyl groups is 1. The summed E-state index contributed by atoms with van der Waals surface area (Å²) in [5, 5.41) is 29.2. The van der Waals surface area contributed by atoms with Crippen LogP contribution in [0.5, 0.6) is 11.5 Å². The van der Waals surface area contributed by atoms with Crippen molar-refractivity contribution in [2.75, 3.05) is 14.2 Å². The number of methoxy groups -OCH3 is 2. The van der Waals surface area contributed by atoms with E-state index in [9.17, 15) is 34.5 Å². The molecule has 3 N–H and O–H groups in total. The molecule has 0 aliphatic rings. The molecule has 0 bridgehead atoms. The average Bonchev–Trinajstić information content (AvgIpc) is 2.75. The van der Waals surface area contributed by atoms with Gasteiger partial charge in [0.25, 0.3) is 0 Å². The third-order valence-corrected chi connectivity index (χ3v) is 4.21. The van der Waals surface area contributed by atoms with Crippen molar-refractivity contribution >= 4 is 23.7 Å². The molecule has 2 unspecified atom stereocenters. The number of hydrogen-bond acceptors (Lipinski definition) is 8. The van der Waals surface area contributed by atoms with Crippen LogP contribution in [0.25, 0.3) is 0 Å². The van der Waals surface area contributed by atoms with Gasteiger partial charge in [0.2, 0.25) is 11.9 Å². The van der Waals surface area contributed by atoms with Crippen LogP contribution in [0.15, 0.2) is 48.5 Å². The molecule has 30 heavy (non-hydrogen) atoms. The summed E-state index contributed by atoms with van der Waals surface area (Å²) in [5.74, 6) is -7.29. The van der Waals surface area contributed by atoms with Crippen molar-refractivity contribution in [3.63, 3.8) is 0 Å². The maximum Gasteiger partial charge on any atom is 0.360 e. The fraction of sp³-hybridized carbons (Fsp3) is 0.200. The lowest BCUT2D eigenvalue weighted by Crippen LogP contribution is -2.61. The van der Waals surface area contributed by atoms with E-state index in [-0.39, 0.29) is 17.1 Å². The molecule has 0 saturated carbocycles. The van der Waals surface area contributed by atoms with Crippen molar-refractivity contribution in [1.29, 1.82) is 0 Å². The summed E-state index contributed by atoms with van der Waals surface area (Å²) in [5.41, 5.74) is -4.19. The summed E-state index contributed by atoms with van der Waals surface area (Å²) in [6, 6.07) is 10.8. The van der Waals surface area contributed by atoms with Crippen molar-refractivity contribution < 1.29 is 48.7 Å². The number of ether oxygens (including phenoxy) is 3. The van der Waals surface area contributed by atoms with Crippen LogP contribution in [-0.4, -0.2) is 64.9 Å². The number of benzene rings is 2. The molecule has 0 amide bonds. The van der Waals surface area contributed by atoms with Gasteiger partial charge in [0.15, 0.2) is 0 Å². The number of esters is 1. The number of ketones is 1. The Bertz CT molecular complexity index is 983. The van der Waals surface area contributed by atoms with Crippen LogP contribution >= 0.6 is 0 Å². The SMILES string of the molecule is COc1ccccc1C(=O)OC(C(=O)O)(C(=O)c1ccccc1OC)C(O)C(=O)O. The maximum atomic E-state index is 13.2. The zero-order valence-corrected chi connectivity index (χ0v) is 15.9. The number of rotatable bonds is 9. The van der Waals surface area contributed by atoms with Gasteiger partial charge in [-0.3, -0.25) is 4.79 Å². The van der Waals surface area contributed by atoms with Gasteiger partial charge in [-0.1, -0.05) is 24.3 Å². The number of carboxylic acids is 2. The molecular weight excluding hydrogens is 400 g/mol. The van der Waals surface area contributed by atoms with Crippen molar-refractivity contribution in [3.05, 3.63) is 59.7 Å². The summed E-state index contributed by atoms with van der Waals surface area (Å²) in [7, 11) is 2.44. The van der Waals surface area contributed by atoms with Gasteiger partial charge in [0.05, 0.1) is 19.8 Å². The summed E-state index contributed by atoms with van der Waals surface area (Å²) in [4.78, 5) is 49.4. The van der Waals surface area contributed by atoms with Gasteiger partial charge in [-0.15, -0.1) is 0 Å². The molecule has 0 radical (unpaired) electrons. The third-order valence-electron chi connectivity index (χ3n) is 4.21. The third kappa shape index (κ3) is 3.94. The van der Waals surface area contributed by atoms with Crippen molar-refractivity contribution in [2.45, 2.75) is 11.7 Å². The Morgan fingerprint density at radius 3 is 1.77 bits per heavy atom. The molecule has 0 aromatic heterocycles. The second-order valence-corrected chi connectivity index (χ2v) is 5.90. The van der Waals surface area contributed by atoms with E-state index in [2.05, 4.69) is 0 Å². The van der Waals surface area contributed by atoms with Gasteiger partial charge in [0.1, 0.15) is 17.1 Å². The predicted octanol–water partition coefficient (Wildman–Crippen LogP) is 1.01. The van der Waals surface area contributed by atoms with E-state index in [1.165, 1.54) is 56.7 Å². The number of para-hydroxylation sites is 2. The first-order valence-corrected chi connectivity index (χ1v) is 8.39. The molecule has 10 heteroatoms. The monoisotopic (exact) mass is 418 g/mol. The molecule has 2 atom stereocenters. The lowest BCUT2D eigenvalue weighted by molar-refractivity contribution is -0.176. The fourth-order valence-corrected chi connectivity index (χ4v) is 2.70. The first kappa shape index (κ1) is 22.4. The minimum Gasteiger partial charge on any atom is -0.496 e. The molecule has 0 heterocycles. The summed E-state index contributed by atoms with van der Waals surface area (Å²) in [6.45, 7) is 0. The predicted molar refractivity (Wildman–Crippen MR) is 99.7 cm³/mol. The van der Waals surface area contributed by atoms with Gasteiger partial charge in [0, 0.05) is 0 Å². The Hall–Kier alpha value is -3.92. The highest BCUT2D eigenvalue weighted by Gasteiger charge is 2.60. The largest absolute Gasteiger partial charge is 0.496 e. The van der Waals surface area contributed by atoms with Crippen molar-refractivity contribution in [2.24, 2.45) is 0 Å². The molecule has 2 rings (SSSR count). The van der Waals surface area contributed by atoms with Gasteiger partial charge in [-0.25, -0.2) is 14.4 Å². The van der Waals surface area contributed by atoms with E-state index in [4.69, 9.17) is 14.2 Å². The van der Waals surface area contributed by atoms with Gasteiger partial charge in [-0.2, -0.15) is 0 Å². The average molecular weight is 418 g/mol. The standard InChI is InChI=1S/C20H18O10/c1-28-13-9-5-3-7-11(13)15(21)20(19(26)27,16(22)17(23)24)30-18(25)12-8-4-6-10-14(12)29-2/h3-10,16,22H,1-2H3,(H,23,24)(H,26,27). The van der Waals surface area contributed by atoms with Gasteiger partial charge in [-0.05, 0) is 24.3 Å². The molecular formula is C20H18O10. The fourth-order valence-electron chi connectivity index (χ4n) is 2.70. The zero-order valence-electron chi connectivity index (χ0n) is 15.9. The number of carboxylic acid groups (broad SMARTS) is 2. The Morgan fingerprint density at radius 2 is 1.30 bits per heavy atom. The van der Waals surface area contributed by atoms with Crippen LogP contribution in [0.4, 0.5) is 0 Å². The molecule has 0 aliphatic heterocycles. The molecule has 0 aliphatic carbocycles. The molecule has 0 saturated heterocycles. The summed E-state index contributed by atoms with van der Waals surface area (Å²) in [6.07, 6.45) is -2.92. The Labute approximate surface area is 170 Å². The minimum atomic E-state index is -3.50. The molecule has 0 spiro atoms. The van der Waals surface area contributed by atoms with Crippen LogP contribution in [0.3, 0.4) is 0 Å². The number of aliphatic carboxylic acids is 2. The summed E-state index contributed by atoms with van der Waals surface area (Å²) < 4.78 is 14.9. The van der Waals surface area contributed by atoms with Crippen LogP contribution in [0.2, 0.25) is 0 Å². The normalized spacial score (nSPS) is 13.4. The molecule has 2 aromatic rings. The van der Waals surface area contributed by atoms with Crippen LogP contribution in [0, 0.1) is 0 Å². The number of hydrogen-bond donors (Lipinski definition) is 3.